The van der Waals surface area contributed by atoms with Gasteiger partial charge in [-0.1, -0.05) is 13.3 Å². The largest absolute Gasteiger partial charge is 0.756 e. The van der Waals surface area contributed by atoms with Crippen LogP contribution in [0.1, 0.15) is 46.5 Å². The first kappa shape index (κ1) is 19.1. The summed E-state index contributed by atoms with van der Waals surface area (Å²) in [6.45, 7) is 9.98. The van der Waals surface area contributed by atoms with E-state index in [1.54, 1.807) is 13.8 Å². The number of rotatable bonds is 7. The van der Waals surface area contributed by atoms with Crippen LogP contribution in [0.3, 0.4) is 0 Å². The van der Waals surface area contributed by atoms with Crippen molar-refractivity contribution in [3.8, 4) is 0 Å². The van der Waals surface area contributed by atoms with E-state index >= 15 is 0 Å². The van der Waals surface area contributed by atoms with Gasteiger partial charge in [0.05, 0.1) is 39.9 Å². The van der Waals surface area contributed by atoms with Gasteiger partial charge < -0.3 is 18.4 Å². The van der Waals surface area contributed by atoms with Crippen molar-refractivity contribution in [3.05, 3.63) is 0 Å². The normalized spacial score (nSPS) is 17.9. The van der Waals surface area contributed by atoms with Crippen LogP contribution in [-0.4, -0.2) is 44.4 Å². The number of phosphoric acid groups is 1. The molecule has 0 aromatic heterocycles. The molecule has 0 aliphatic carbocycles. The zero-order valence-corrected chi connectivity index (χ0v) is 13.8. The third-order valence-corrected chi connectivity index (χ3v) is 4.42. The maximum absolute atomic E-state index is 10.4. The van der Waals surface area contributed by atoms with E-state index in [1.807, 2.05) is 0 Å². The predicted molar refractivity (Wildman–Crippen MR) is 75.8 cm³/mol. The van der Waals surface area contributed by atoms with Gasteiger partial charge >= 0.3 is 0 Å². The van der Waals surface area contributed by atoms with Crippen molar-refractivity contribution in [3.63, 3.8) is 0 Å². The van der Waals surface area contributed by atoms with E-state index in [2.05, 4.69) is 23.0 Å². The van der Waals surface area contributed by atoms with Crippen molar-refractivity contribution >= 4 is 7.82 Å². The van der Waals surface area contributed by atoms with Crippen LogP contribution in [0, 0.1) is 0 Å². The monoisotopic (exact) mass is 295 g/mol. The Labute approximate surface area is 118 Å². The van der Waals surface area contributed by atoms with Crippen LogP contribution in [0.5, 0.6) is 0 Å². The summed E-state index contributed by atoms with van der Waals surface area (Å²) in [6, 6.07) is 0. The summed E-state index contributed by atoms with van der Waals surface area (Å²) in [4.78, 5) is 10.4. The van der Waals surface area contributed by atoms with Gasteiger partial charge in [0.2, 0.25) is 0 Å². The molecule has 116 valence electrons. The van der Waals surface area contributed by atoms with E-state index < -0.39 is 7.82 Å². The predicted octanol–water partition coefficient (Wildman–Crippen LogP) is 2.55. The lowest BCUT2D eigenvalue weighted by atomic mass is 10.3. The maximum Gasteiger partial charge on any atom is 0.267 e. The van der Waals surface area contributed by atoms with E-state index in [9.17, 15) is 9.46 Å². The highest BCUT2D eigenvalue weighted by Gasteiger charge is 2.25. The molecule has 0 unspecified atom stereocenters. The second kappa shape index (κ2) is 9.89. The second-order valence-corrected chi connectivity index (χ2v) is 6.54. The molecule has 0 N–H and O–H groups in total. The zero-order chi connectivity index (χ0) is 14.8. The Morgan fingerprint density at radius 2 is 1.58 bits per heavy atom. The summed E-state index contributed by atoms with van der Waals surface area (Å²) in [5.74, 6) is 0. The molecule has 0 amide bonds. The van der Waals surface area contributed by atoms with Gasteiger partial charge in [0.1, 0.15) is 0 Å². The summed E-state index contributed by atoms with van der Waals surface area (Å²) in [5, 5.41) is 0. The highest BCUT2D eigenvalue weighted by molar-refractivity contribution is 7.45. The minimum atomic E-state index is -3.94. The van der Waals surface area contributed by atoms with Crippen molar-refractivity contribution in [2.24, 2.45) is 0 Å². The molecule has 19 heavy (non-hydrogen) atoms. The van der Waals surface area contributed by atoms with Gasteiger partial charge in [-0.2, -0.15) is 0 Å². The van der Waals surface area contributed by atoms with E-state index in [4.69, 9.17) is 0 Å². The molecule has 0 bridgehead atoms. The summed E-state index contributed by atoms with van der Waals surface area (Å²) in [5.41, 5.74) is 0. The number of unbranched alkanes of at least 4 members (excludes halogenated alkanes) is 1. The minimum Gasteiger partial charge on any atom is -0.756 e. The molecule has 1 aliphatic rings. The Hall–Kier alpha value is 0.0700. The second-order valence-electron chi connectivity index (χ2n) is 5.13. The first-order valence-electron chi connectivity index (χ1n) is 7.32. The number of nitrogens with zero attached hydrogens (tertiary/aromatic N) is 1. The molecule has 6 heteroatoms. The van der Waals surface area contributed by atoms with Crippen molar-refractivity contribution in [2.75, 3.05) is 39.9 Å². The van der Waals surface area contributed by atoms with Gasteiger partial charge in [-0.15, -0.1) is 0 Å². The Morgan fingerprint density at radius 3 is 1.95 bits per heavy atom. The average Bonchev–Trinajstić information content (AvgIpc) is 2.75. The van der Waals surface area contributed by atoms with Gasteiger partial charge in [-0.05, 0) is 20.3 Å². The fourth-order valence-corrected chi connectivity index (χ4v) is 2.92. The number of phosphoric ester groups is 1. The molecular weight excluding hydrogens is 265 g/mol. The SMILES string of the molecule is CCCC[N+]1(C)CCCC1.CCOP(=O)([O-])OCC. The minimum absolute atomic E-state index is 0.126. The molecule has 0 radical (unpaired) electrons. The summed E-state index contributed by atoms with van der Waals surface area (Å²) in [6.07, 6.45) is 5.69. The van der Waals surface area contributed by atoms with Crippen LogP contribution in [-0.2, 0) is 13.6 Å². The van der Waals surface area contributed by atoms with E-state index in [0.29, 0.717) is 0 Å². The Balaban J connectivity index is 0.000000344. The van der Waals surface area contributed by atoms with Gasteiger partial charge in [-0.25, -0.2) is 0 Å². The van der Waals surface area contributed by atoms with Crippen LogP contribution >= 0.6 is 7.82 Å². The third kappa shape index (κ3) is 9.58. The molecule has 1 fully saturated rings. The van der Waals surface area contributed by atoms with Crippen LogP contribution in [0.15, 0.2) is 0 Å². The summed E-state index contributed by atoms with van der Waals surface area (Å²) < 4.78 is 20.3. The van der Waals surface area contributed by atoms with Crippen molar-refractivity contribution in [1.82, 2.24) is 0 Å². The van der Waals surface area contributed by atoms with Crippen LogP contribution in [0.4, 0.5) is 0 Å². The Morgan fingerprint density at radius 1 is 1.11 bits per heavy atom. The van der Waals surface area contributed by atoms with Gasteiger partial charge in [0.25, 0.3) is 7.82 Å². The number of quaternary nitrogens is 1. The molecule has 1 aliphatic heterocycles. The smallest absolute Gasteiger partial charge is 0.267 e. The standard InChI is InChI=1S/C9H20N.C4H11O4P/c1-3-4-7-10(2)8-5-6-9-10;1-3-7-9(5,6)8-4-2/h3-9H2,1-2H3;3-4H2,1-2H3,(H,5,6)/q+1;/p-1. The molecule has 0 saturated carbocycles. The van der Waals surface area contributed by atoms with Crippen LogP contribution in [0.2, 0.25) is 0 Å². The first-order chi connectivity index (χ1) is 8.89. The van der Waals surface area contributed by atoms with Crippen molar-refractivity contribution in [1.29, 1.82) is 0 Å². The highest BCUT2D eigenvalue weighted by Crippen LogP contribution is 2.37. The van der Waals surface area contributed by atoms with E-state index in [-0.39, 0.29) is 13.2 Å². The third-order valence-electron chi connectivity index (χ3n) is 3.27. The maximum atomic E-state index is 10.4. The van der Waals surface area contributed by atoms with Crippen molar-refractivity contribution < 1.29 is 23.0 Å². The lowest BCUT2D eigenvalue weighted by Gasteiger charge is -2.28. The zero-order valence-electron chi connectivity index (χ0n) is 12.9. The molecule has 0 aromatic carbocycles. The van der Waals surface area contributed by atoms with Gasteiger partial charge in [0, 0.05) is 12.8 Å². The quantitative estimate of drug-likeness (QED) is 0.535. The fraction of sp³-hybridized carbons (Fsp3) is 1.00. The molecule has 1 rings (SSSR count). The molecule has 0 spiro atoms. The lowest BCUT2D eigenvalue weighted by Crippen LogP contribution is -2.41. The fourth-order valence-electron chi connectivity index (χ4n) is 2.22. The van der Waals surface area contributed by atoms with Crippen LogP contribution in [0.25, 0.3) is 0 Å². The van der Waals surface area contributed by atoms with E-state index in [0.717, 1.165) is 0 Å². The Kier molecular flexibility index (Phi) is 9.93. The van der Waals surface area contributed by atoms with Gasteiger partial charge in [0.15, 0.2) is 0 Å². The molecule has 1 heterocycles. The topological polar surface area (TPSA) is 58.6 Å². The molecular formula is C13H30NO4P. The van der Waals surface area contributed by atoms with Crippen LogP contribution < -0.4 is 4.89 Å². The number of likely N-dealkylation sites (tertiary alicyclic amines) is 1. The average molecular weight is 295 g/mol. The molecule has 1 saturated heterocycles. The lowest BCUT2D eigenvalue weighted by molar-refractivity contribution is -0.897. The first-order valence-corrected chi connectivity index (χ1v) is 8.79. The van der Waals surface area contributed by atoms with Gasteiger partial charge in [-0.3, -0.25) is 4.57 Å². The Bertz CT molecular complexity index is 257. The molecule has 5 nitrogen and oxygen atoms in total. The highest BCUT2D eigenvalue weighted by atomic mass is 31.2. The van der Waals surface area contributed by atoms with E-state index in [1.165, 1.54) is 49.8 Å². The molecule has 0 aromatic rings. The number of hydrogen-bond donors (Lipinski definition) is 0. The summed E-state index contributed by atoms with van der Waals surface area (Å²) in [7, 11) is -1.54. The number of hydrogen-bond acceptors (Lipinski definition) is 4. The van der Waals surface area contributed by atoms with Crippen molar-refractivity contribution in [2.45, 2.75) is 46.5 Å². The molecule has 0 atom stereocenters. The summed E-state index contributed by atoms with van der Waals surface area (Å²) >= 11 is 0.